The summed E-state index contributed by atoms with van der Waals surface area (Å²) in [7, 11) is 0. The molecule has 0 aromatic heterocycles. The average molecular weight is 288 g/mol. The highest BCUT2D eigenvalue weighted by atomic mass is 79.9. The zero-order valence-electron chi connectivity index (χ0n) is 8.92. The van der Waals surface area contributed by atoms with Gasteiger partial charge in [0, 0.05) is 5.54 Å². The van der Waals surface area contributed by atoms with Gasteiger partial charge in [-0.2, -0.15) is 0 Å². The van der Waals surface area contributed by atoms with Crippen LogP contribution < -0.4 is 5.73 Å². The molecular weight excluding hydrogens is 273 g/mol. The molecule has 0 atom stereocenters. The van der Waals surface area contributed by atoms with Crippen molar-refractivity contribution in [3.63, 3.8) is 0 Å². The van der Waals surface area contributed by atoms with Crippen LogP contribution in [0.3, 0.4) is 0 Å². The molecule has 2 rings (SSSR count). The van der Waals surface area contributed by atoms with E-state index in [1.165, 1.54) is 6.07 Å². The summed E-state index contributed by atoms with van der Waals surface area (Å²) in [5.41, 5.74) is 6.82. The zero-order valence-corrected chi connectivity index (χ0v) is 10.5. The molecule has 0 radical (unpaired) electrons. The van der Waals surface area contributed by atoms with Crippen LogP contribution in [-0.2, 0) is 5.54 Å². The maximum atomic E-state index is 13.1. The van der Waals surface area contributed by atoms with Crippen LogP contribution in [0.15, 0.2) is 22.7 Å². The van der Waals surface area contributed by atoms with Gasteiger partial charge in [0.05, 0.1) is 10.6 Å². The summed E-state index contributed by atoms with van der Waals surface area (Å²) in [5.74, 6) is -0.275. The molecule has 1 fully saturated rings. The number of benzene rings is 1. The third-order valence-electron chi connectivity index (χ3n) is 3.34. The van der Waals surface area contributed by atoms with Crippen molar-refractivity contribution in [1.82, 2.24) is 0 Å². The molecule has 0 heterocycles. The summed E-state index contributed by atoms with van der Waals surface area (Å²) in [6, 6.07) is 4.91. The Morgan fingerprint density at radius 1 is 1.38 bits per heavy atom. The van der Waals surface area contributed by atoms with Gasteiger partial charge >= 0.3 is 0 Å². The minimum absolute atomic E-state index is 0.236. The smallest absolute Gasteiger partial charge is 0.137 e. The van der Waals surface area contributed by atoms with Gasteiger partial charge in [0.15, 0.2) is 0 Å². The van der Waals surface area contributed by atoms with E-state index in [-0.39, 0.29) is 11.9 Å². The van der Waals surface area contributed by atoms with E-state index in [9.17, 15) is 9.50 Å². The lowest BCUT2D eigenvalue weighted by atomic mass is 9.76. The number of aliphatic hydroxyl groups is 1. The zero-order chi connectivity index (χ0) is 11.8. The van der Waals surface area contributed by atoms with Crippen molar-refractivity contribution < 1.29 is 9.50 Å². The first-order chi connectivity index (χ1) is 7.51. The Balaban J connectivity index is 2.25. The highest BCUT2D eigenvalue weighted by Crippen LogP contribution is 2.36. The van der Waals surface area contributed by atoms with E-state index in [0.29, 0.717) is 17.3 Å². The molecule has 1 saturated carbocycles. The van der Waals surface area contributed by atoms with Crippen LogP contribution in [0.4, 0.5) is 4.39 Å². The van der Waals surface area contributed by atoms with Crippen molar-refractivity contribution in [2.24, 2.45) is 5.73 Å². The molecule has 0 spiro atoms. The van der Waals surface area contributed by atoms with E-state index in [4.69, 9.17) is 5.73 Å². The third kappa shape index (κ3) is 2.29. The molecule has 1 aliphatic carbocycles. The minimum Gasteiger partial charge on any atom is -0.393 e. The van der Waals surface area contributed by atoms with Crippen molar-refractivity contribution in [2.45, 2.75) is 37.3 Å². The van der Waals surface area contributed by atoms with Gasteiger partial charge in [0.1, 0.15) is 5.82 Å². The summed E-state index contributed by atoms with van der Waals surface area (Å²) in [6.07, 6.45) is 2.68. The van der Waals surface area contributed by atoms with E-state index in [1.54, 1.807) is 12.1 Å². The van der Waals surface area contributed by atoms with E-state index in [2.05, 4.69) is 15.9 Å². The van der Waals surface area contributed by atoms with E-state index in [0.717, 1.165) is 18.4 Å². The summed E-state index contributed by atoms with van der Waals surface area (Å²) in [4.78, 5) is 0. The Morgan fingerprint density at radius 3 is 2.56 bits per heavy atom. The lowest BCUT2D eigenvalue weighted by molar-refractivity contribution is 0.0969. The number of rotatable bonds is 1. The Hall–Kier alpha value is -0.450. The number of nitrogens with two attached hydrogens (primary N) is 1. The first kappa shape index (κ1) is 12.0. The fourth-order valence-electron chi connectivity index (χ4n) is 2.21. The van der Waals surface area contributed by atoms with E-state index in [1.807, 2.05) is 0 Å². The maximum Gasteiger partial charge on any atom is 0.137 e. The Morgan fingerprint density at radius 2 is 2.00 bits per heavy atom. The average Bonchev–Trinajstić information content (AvgIpc) is 2.26. The van der Waals surface area contributed by atoms with Gasteiger partial charge in [-0.25, -0.2) is 4.39 Å². The summed E-state index contributed by atoms with van der Waals surface area (Å²) >= 11 is 3.17. The second-order valence-corrected chi connectivity index (χ2v) is 5.37. The first-order valence-corrected chi connectivity index (χ1v) is 6.23. The number of hydrogen-bond donors (Lipinski definition) is 2. The largest absolute Gasteiger partial charge is 0.393 e. The van der Waals surface area contributed by atoms with Gasteiger partial charge < -0.3 is 10.8 Å². The van der Waals surface area contributed by atoms with Crippen molar-refractivity contribution in [3.05, 3.63) is 34.1 Å². The Kier molecular flexibility index (Phi) is 3.33. The van der Waals surface area contributed by atoms with Gasteiger partial charge in [-0.05, 0) is 59.3 Å². The predicted octanol–water partition coefficient (Wildman–Crippen LogP) is 2.68. The topological polar surface area (TPSA) is 46.2 Å². The van der Waals surface area contributed by atoms with Crippen LogP contribution in [0.5, 0.6) is 0 Å². The molecule has 1 aliphatic rings. The van der Waals surface area contributed by atoms with Crippen LogP contribution in [0.25, 0.3) is 0 Å². The summed E-state index contributed by atoms with van der Waals surface area (Å²) in [6.45, 7) is 0. The molecule has 0 saturated heterocycles. The molecule has 0 bridgehead atoms. The molecule has 16 heavy (non-hydrogen) atoms. The predicted molar refractivity (Wildman–Crippen MR) is 64.4 cm³/mol. The second-order valence-electron chi connectivity index (χ2n) is 4.52. The van der Waals surface area contributed by atoms with E-state index >= 15 is 0 Å². The number of hydrogen-bond acceptors (Lipinski definition) is 2. The van der Waals surface area contributed by atoms with Crippen molar-refractivity contribution in [3.8, 4) is 0 Å². The molecule has 1 aromatic rings. The summed E-state index contributed by atoms with van der Waals surface area (Å²) in [5, 5.41) is 9.46. The Labute approximate surface area is 103 Å². The van der Waals surface area contributed by atoms with Crippen LogP contribution in [0, 0.1) is 5.82 Å². The van der Waals surface area contributed by atoms with Gasteiger partial charge in [-0.15, -0.1) is 0 Å². The molecule has 3 N–H and O–H groups in total. The van der Waals surface area contributed by atoms with Crippen molar-refractivity contribution in [2.75, 3.05) is 0 Å². The molecule has 1 aromatic carbocycles. The fraction of sp³-hybridized carbons (Fsp3) is 0.500. The highest BCUT2D eigenvalue weighted by molar-refractivity contribution is 9.10. The number of aliphatic hydroxyl groups excluding tert-OH is 1. The second kappa shape index (κ2) is 4.43. The molecular formula is C12H15BrFNO. The molecule has 0 unspecified atom stereocenters. The Bertz CT molecular complexity index is 389. The fourth-order valence-corrected chi connectivity index (χ4v) is 2.59. The lowest BCUT2D eigenvalue weighted by Crippen LogP contribution is -2.41. The van der Waals surface area contributed by atoms with Gasteiger partial charge in [-0.1, -0.05) is 6.07 Å². The van der Waals surface area contributed by atoms with Crippen LogP contribution in [0.2, 0.25) is 0 Å². The normalized spacial score (nSPS) is 30.4. The van der Waals surface area contributed by atoms with Crippen LogP contribution in [0.1, 0.15) is 31.2 Å². The van der Waals surface area contributed by atoms with Gasteiger partial charge in [0.2, 0.25) is 0 Å². The molecule has 0 aliphatic heterocycles. The van der Waals surface area contributed by atoms with Gasteiger partial charge in [-0.3, -0.25) is 0 Å². The number of halogens is 2. The molecule has 2 nitrogen and oxygen atoms in total. The summed E-state index contributed by atoms with van der Waals surface area (Å²) < 4.78 is 13.6. The SMILES string of the molecule is NC1(c2ccc(F)c(Br)c2)CCC(O)CC1. The maximum absolute atomic E-state index is 13.1. The van der Waals surface area contributed by atoms with Crippen LogP contribution in [-0.4, -0.2) is 11.2 Å². The van der Waals surface area contributed by atoms with Crippen molar-refractivity contribution in [1.29, 1.82) is 0 Å². The molecule has 88 valence electrons. The van der Waals surface area contributed by atoms with Crippen LogP contribution >= 0.6 is 15.9 Å². The van der Waals surface area contributed by atoms with Gasteiger partial charge in [0.25, 0.3) is 0 Å². The standard InChI is InChI=1S/C12H15BrFNO/c13-10-7-8(1-2-11(10)14)12(15)5-3-9(16)4-6-12/h1-2,7,9,16H,3-6,15H2. The molecule has 4 heteroatoms. The van der Waals surface area contributed by atoms with Crippen molar-refractivity contribution >= 4 is 15.9 Å². The highest BCUT2D eigenvalue weighted by Gasteiger charge is 2.32. The lowest BCUT2D eigenvalue weighted by Gasteiger charge is -2.36. The van der Waals surface area contributed by atoms with E-state index < -0.39 is 5.54 Å². The minimum atomic E-state index is -0.421. The molecule has 0 amide bonds. The first-order valence-electron chi connectivity index (χ1n) is 5.44. The third-order valence-corrected chi connectivity index (χ3v) is 3.95. The monoisotopic (exact) mass is 287 g/mol. The quantitative estimate of drug-likeness (QED) is 0.834.